The summed E-state index contributed by atoms with van der Waals surface area (Å²) in [4.78, 5) is 4.18. The van der Waals surface area contributed by atoms with E-state index in [2.05, 4.69) is 41.6 Å². The largest absolute Gasteiger partial charge is 0.324 e. The lowest BCUT2D eigenvalue weighted by Gasteiger charge is -2.13. The third-order valence-corrected chi connectivity index (χ3v) is 4.49. The predicted molar refractivity (Wildman–Crippen MR) is 81.4 cm³/mol. The Balaban J connectivity index is 1.91. The zero-order valence-electron chi connectivity index (χ0n) is 10.8. The number of rotatable bonds is 3. The predicted octanol–water partition coefficient (Wildman–Crippen LogP) is 3.85. The molecule has 0 amide bonds. The van der Waals surface area contributed by atoms with Crippen LogP contribution in [0.4, 0.5) is 0 Å². The molecule has 1 aromatic carbocycles. The highest BCUT2D eigenvalue weighted by molar-refractivity contribution is 7.17. The van der Waals surface area contributed by atoms with E-state index in [-0.39, 0.29) is 6.04 Å². The van der Waals surface area contributed by atoms with E-state index in [1.807, 2.05) is 18.5 Å². The van der Waals surface area contributed by atoms with E-state index in [1.54, 1.807) is 11.3 Å². The molecule has 0 aliphatic rings. The molecule has 19 heavy (non-hydrogen) atoms. The van der Waals surface area contributed by atoms with Gasteiger partial charge in [0.2, 0.25) is 0 Å². The quantitative estimate of drug-likeness (QED) is 0.783. The smallest absolute Gasteiger partial charge is 0.0354 e. The molecular weight excluding hydrogens is 252 g/mol. The summed E-state index contributed by atoms with van der Waals surface area (Å²) >= 11 is 1.78. The van der Waals surface area contributed by atoms with Gasteiger partial charge in [0, 0.05) is 23.1 Å². The van der Waals surface area contributed by atoms with Crippen molar-refractivity contribution in [3.63, 3.8) is 0 Å². The Labute approximate surface area is 116 Å². The first-order valence-corrected chi connectivity index (χ1v) is 7.25. The van der Waals surface area contributed by atoms with Crippen molar-refractivity contribution in [3.05, 3.63) is 64.8 Å². The van der Waals surface area contributed by atoms with Crippen molar-refractivity contribution in [2.24, 2.45) is 5.73 Å². The zero-order chi connectivity index (χ0) is 13.2. The summed E-state index contributed by atoms with van der Waals surface area (Å²) in [5.41, 5.74) is 10.0. The van der Waals surface area contributed by atoms with Crippen LogP contribution in [0.5, 0.6) is 0 Å². The van der Waals surface area contributed by atoms with Crippen molar-refractivity contribution in [3.8, 4) is 0 Å². The number of benzene rings is 1. The first kappa shape index (κ1) is 12.3. The average Bonchev–Trinajstić information content (AvgIpc) is 2.83. The van der Waals surface area contributed by atoms with Crippen LogP contribution in [0.2, 0.25) is 0 Å². The van der Waals surface area contributed by atoms with E-state index >= 15 is 0 Å². The number of nitrogens with zero attached hydrogens (tertiary/aromatic N) is 1. The first-order chi connectivity index (χ1) is 9.25. The maximum Gasteiger partial charge on any atom is 0.0354 e. The Morgan fingerprint density at radius 3 is 2.95 bits per heavy atom. The molecule has 0 fully saturated rings. The van der Waals surface area contributed by atoms with Gasteiger partial charge >= 0.3 is 0 Å². The molecule has 2 heterocycles. The maximum absolute atomic E-state index is 6.34. The minimum atomic E-state index is 0.00621. The second-order valence-corrected chi connectivity index (χ2v) is 5.71. The van der Waals surface area contributed by atoms with Crippen LogP contribution in [-0.4, -0.2) is 4.98 Å². The molecule has 0 aliphatic heterocycles. The van der Waals surface area contributed by atoms with Crippen LogP contribution in [0.3, 0.4) is 0 Å². The van der Waals surface area contributed by atoms with E-state index in [9.17, 15) is 0 Å². The van der Waals surface area contributed by atoms with Crippen LogP contribution < -0.4 is 5.73 Å². The highest BCUT2D eigenvalue weighted by Crippen LogP contribution is 2.29. The number of aromatic nitrogens is 1. The second-order valence-electron chi connectivity index (χ2n) is 4.80. The molecule has 96 valence electrons. The minimum Gasteiger partial charge on any atom is -0.324 e. The molecule has 0 spiro atoms. The Morgan fingerprint density at radius 2 is 2.11 bits per heavy atom. The molecule has 3 rings (SSSR count). The number of nitrogens with two attached hydrogens (primary N) is 1. The molecule has 0 saturated carbocycles. The van der Waals surface area contributed by atoms with E-state index in [1.165, 1.54) is 21.2 Å². The monoisotopic (exact) mass is 268 g/mol. The van der Waals surface area contributed by atoms with Crippen LogP contribution in [0.25, 0.3) is 10.1 Å². The van der Waals surface area contributed by atoms with Crippen molar-refractivity contribution >= 4 is 21.4 Å². The van der Waals surface area contributed by atoms with Crippen LogP contribution in [-0.2, 0) is 6.42 Å². The molecule has 3 heteroatoms. The molecule has 0 radical (unpaired) electrons. The number of hydrogen-bond acceptors (Lipinski definition) is 3. The number of pyridine rings is 1. The normalized spacial score (nSPS) is 12.7. The lowest BCUT2D eigenvalue weighted by molar-refractivity contribution is 0.717. The number of thiophene rings is 1. The lowest BCUT2D eigenvalue weighted by atomic mass is 9.98. The summed E-state index contributed by atoms with van der Waals surface area (Å²) < 4.78 is 1.33. The fraction of sp³-hybridized carbons (Fsp3) is 0.188. The van der Waals surface area contributed by atoms with Crippen LogP contribution in [0, 0.1) is 6.92 Å². The minimum absolute atomic E-state index is 0.00621. The second kappa shape index (κ2) is 5.11. The number of aryl methyl sites for hydroxylation is 1. The van der Waals surface area contributed by atoms with Crippen molar-refractivity contribution in [1.29, 1.82) is 0 Å². The molecule has 3 aromatic rings. The van der Waals surface area contributed by atoms with Gasteiger partial charge < -0.3 is 5.73 Å². The maximum atomic E-state index is 6.34. The van der Waals surface area contributed by atoms with Gasteiger partial charge in [-0.3, -0.25) is 4.98 Å². The van der Waals surface area contributed by atoms with E-state index < -0.39 is 0 Å². The Bertz CT molecular complexity index is 703. The van der Waals surface area contributed by atoms with E-state index in [4.69, 9.17) is 5.73 Å². The SMILES string of the molecule is Cc1ccncc1C(N)Cc1csc2ccccc12. The van der Waals surface area contributed by atoms with Gasteiger partial charge in [-0.05, 0) is 52.9 Å². The first-order valence-electron chi connectivity index (χ1n) is 6.37. The standard InChI is InChI=1S/C16H16N2S/c1-11-6-7-18-9-14(11)15(17)8-12-10-19-16-5-3-2-4-13(12)16/h2-7,9-10,15H,8,17H2,1H3. The number of fused-ring (bicyclic) bond motifs is 1. The molecule has 1 atom stereocenters. The Morgan fingerprint density at radius 1 is 1.26 bits per heavy atom. The highest BCUT2D eigenvalue weighted by atomic mass is 32.1. The van der Waals surface area contributed by atoms with Gasteiger partial charge in [0.1, 0.15) is 0 Å². The van der Waals surface area contributed by atoms with Crippen molar-refractivity contribution in [2.45, 2.75) is 19.4 Å². The van der Waals surface area contributed by atoms with Gasteiger partial charge in [0.15, 0.2) is 0 Å². The zero-order valence-corrected chi connectivity index (χ0v) is 11.7. The highest BCUT2D eigenvalue weighted by Gasteiger charge is 2.12. The Hall–Kier alpha value is -1.71. The van der Waals surface area contributed by atoms with Crippen molar-refractivity contribution in [2.75, 3.05) is 0 Å². The summed E-state index contributed by atoms with van der Waals surface area (Å²) in [6, 6.07) is 10.5. The van der Waals surface area contributed by atoms with Gasteiger partial charge in [-0.2, -0.15) is 0 Å². The summed E-state index contributed by atoms with van der Waals surface area (Å²) in [6.45, 7) is 2.09. The van der Waals surface area contributed by atoms with Crippen LogP contribution in [0.15, 0.2) is 48.1 Å². The molecule has 2 aromatic heterocycles. The van der Waals surface area contributed by atoms with Crippen molar-refractivity contribution in [1.82, 2.24) is 4.98 Å². The molecule has 2 nitrogen and oxygen atoms in total. The van der Waals surface area contributed by atoms with Crippen LogP contribution in [0.1, 0.15) is 22.7 Å². The van der Waals surface area contributed by atoms with Gasteiger partial charge in [0.25, 0.3) is 0 Å². The molecule has 0 bridgehead atoms. The third-order valence-electron chi connectivity index (χ3n) is 3.48. The molecule has 0 saturated heterocycles. The molecule has 0 aliphatic carbocycles. The summed E-state index contributed by atoms with van der Waals surface area (Å²) in [5, 5.41) is 3.54. The Kier molecular flexibility index (Phi) is 3.32. The summed E-state index contributed by atoms with van der Waals surface area (Å²) in [6.07, 6.45) is 4.55. The fourth-order valence-corrected chi connectivity index (χ4v) is 3.38. The van der Waals surface area contributed by atoms with E-state index in [0.717, 1.165) is 12.0 Å². The molecule has 1 unspecified atom stereocenters. The molecule has 2 N–H and O–H groups in total. The van der Waals surface area contributed by atoms with Crippen molar-refractivity contribution < 1.29 is 0 Å². The van der Waals surface area contributed by atoms with Gasteiger partial charge in [-0.15, -0.1) is 11.3 Å². The van der Waals surface area contributed by atoms with Gasteiger partial charge in [0.05, 0.1) is 0 Å². The third kappa shape index (κ3) is 2.39. The molecular formula is C16H16N2S. The lowest BCUT2D eigenvalue weighted by Crippen LogP contribution is -2.14. The van der Waals surface area contributed by atoms with Gasteiger partial charge in [-0.1, -0.05) is 18.2 Å². The fourth-order valence-electron chi connectivity index (χ4n) is 2.40. The summed E-state index contributed by atoms with van der Waals surface area (Å²) in [7, 11) is 0. The van der Waals surface area contributed by atoms with Gasteiger partial charge in [-0.25, -0.2) is 0 Å². The number of hydrogen-bond donors (Lipinski definition) is 1. The topological polar surface area (TPSA) is 38.9 Å². The summed E-state index contributed by atoms with van der Waals surface area (Å²) in [5.74, 6) is 0. The van der Waals surface area contributed by atoms with Crippen LogP contribution >= 0.6 is 11.3 Å². The van der Waals surface area contributed by atoms with E-state index in [0.29, 0.717) is 0 Å². The average molecular weight is 268 g/mol.